The number of allylic oxidation sites excluding steroid dienone is 1. The summed E-state index contributed by atoms with van der Waals surface area (Å²) in [5, 5.41) is 0. The quantitative estimate of drug-likeness (QED) is 0.689. The molecule has 0 bridgehead atoms. The van der Waals surface area contributed by atoms with Crippen LogP contribution in [0.1, 0.15) is 65.2 Å². The summed E-state index contributed by atoms with van der Waals surface area (Å²) in [7, 11) is 2.29. The van der Waals surface area contributed by atoms with Crippen LogP contribution in [0.2, 0.25) is 0 Å². The summed E-state index contributed by atoms with van der Waals surface area (Å²) >= 11 is 0. The highest BCUT2D eigenvalue weighted by Gasteiger charge is 2.52. The van der Waals surface area contributed by atoms with Crippen molar-refractivity contribution in [2.45, 2.75) is 71.3 Å². The minimum Gasteiger partial charge on any atom is -0.375 e. The number of rotatable bonds is 4. The number of hydrogen-bond donors (Lipinski definition) is 0. The van der Waals surface area contributed by atoms with Gasteiger partial charge in [0.25, 0.3) is 0 Å². The molecule has 0 N–H and O–H groups in total. The van der Waals surface area contributed by atoms with E-state index in [1.807, 2.05) is 0 Å². The minimum atomic E-state index is 0.448. The second-order valence-electron chi connectivity index (χ2n) is 6.17. The van der Waals surface area contributed by atoms with E-state index in [1.165, 1.54) is 57.1 Å². The van der Waals surface area contributed by atoms with E-state index in [-0.39, 0.29) is 0 Å². The highest BCUT2D eigenvalue weighted by molar-refractivity contribution is 5.21. The Bertz CT molecular complexity index is 275. The van der Waals surface area contributed by atoms with Crippen molar-refractivity contribution < 1.29 is 0 Å². The van der Waals surface area contributed by atoms with Crippen molar-refractivity contribution in [3.05, 3.63) is 12.3 Å². The van der Waals surface area contributed by atoms with Gasteiger partial charge in [-0.25, -0.2) is 0 Å². The third-order valence-electron chi connectivity index (χ3n) is 5.33. The molecule has 0 spiro atoms. The molecule has 0 amide bonds. The average molecular weight is 235 g/mol. The molecule has 0 aromatic carbocycles. The third-order valence-corrected chi connectivity index (χ3v) is 5.33. The molecule has 1 saturated carbocycles. The van der Waals surface area contributed by atoms with Crippen LogP contribution in [0.15, 0.2) is 12.3 Å². The molecule has 1 aliphatic carbocycles. The Morgan fingerprint density at radius 2 is 1.76 bits per heavy atom. The van der Waals surface area contributed by atoms with Gasteiger partial charge in [0.1, 0.15) is 0 Å². The summed E-state index contributed by atoms with van der Waals surface area (Å²) in [6, 6.07) is 0.800. The first-order chi connectivity index (χ1) is 8.17. The van der Waals surface area contributed by atoms with Crippen LogP contribution in [0.3, 0.4) is 0 Å². The molecule has 2 rings (SSSR count). The Morgan fingerprint density at radius 3 is 2.35 bits per heavy atom. The topological polar surface area (TPSA) is 3.24 Å². The van der Waals surface area contributed by atoms with Gasteiger partial charge in [0.2, 0.25) is 0 Å². The van der Waals surface area contributed by atoms with Crippen LogP contribution < -0.4 is 0 Å². The van der Waals surface area contributed by atoms with Crippen molar-refractivity contribution in [3.63, 3.8) is 0 Å². The molecule has 1 heteroatoms. The summed E-state index contributed by atoms with van der Waals surface area (Å²) in [6.07, 6.45) is 11.0. The van der Waals surface area contributed by atoms with Crippen molar-refractivity contribution >= 4 is 0 Å². The summed E-state index contributed by atoms with van der Waals surface area (Å²) in [5.74, 6) is 0.897. The fraction of sp³-hybridized carbons (Fsp3) is 0.875. The van der Waals surface area contributed by atoms with E-state index >= 15 is 0 Å². The predicted octanol–water partition coefficient (Wildman–Crippen LogP) is 4.59. The molecule has 2 atom stereocenters. The lowest BCUT2D eigenvalue weighted by molar-refractivity contribution is 0.142. The van der Waals surface area contributed by atoms with Crippen LogP contribution in [0.25, 0.3) is 0 Å². The molecule has 2 fully saturated rings. The van der Waals surface area contributed by atoms with Gasteiger partial charge in [0.15, 0.2) is 0 Å². The van der Waals surface area contributed by atoms with Gasteiger partial charge >= 0.3 is 0 Å². The summed E-state index contributed by atoms with van der Waals surface area (Å²) in [5.41, 5.74) is 1.90. The number of hydrogen-bond acceptors (Lipinski definition) is 1. The Balaban J connectivity index is 2.31. The molecule has 1 aliphatic heterocycles. The second kappa shape index (κ2) is 5.04. The largest absolute Gasteiger partial charge is 0.375 e. The van der Waals surface area contributed by atoms with E-state index in [4.69, 9.17) is 0 Å². The molecule has 17 heavy (non-hydrogen) atoms. The third kappa shape index (κ3) is 1.92. The maximum absolute atomic E-state index is 4.48. The van der Waals surface area contributed by atoms with Crippen LogP contribution in [-0.2, 0) is 0 Å². The van der Waals surface area contributed by atoms with Crippen molar-refractivity contribution in [2.75, 3.05) is 7.05 Å². The van der Waals surface area contributed by atoms with E-state index in [1.54, 1.807) is 0 Å². The normalized spacial score (nSPS) is 31.7. The highest BCUT2D eigenvalue weighted by atomic mass is 15.2. The Morgan fingerprint density at radius 1 is 1.18 bits per heavy atom. The van der Waals surface area contributed by atoms with E-state index in [0.717, 1.165) is 12.0 Å². The van der Waals surface area contributed by atoms with Gasteiger partial charge in [-0.05, 0) is 31.6 Å². The van der Waals surface area contributed by atoms with Crippen LogP contribution in [0.4, 0.5) is 0 Å². The lowest BCUT2D eigenvalue weighted by Gasteiger charge is -2.38. The molecule has 2 aliphatic rings. The maximum atomic E-state index is 4.48. The van der Waals surface area contributed by atoms with Crippen molar-refractivity contribution in [1.29, 1.82) is 0 Å². The summed E-state index contributed by atoms with van der Waals surface area (Å²) in [6.45, 7) is 9.14. The number of fused-ring (bicyclic) bond motifs is 1. The highest BCUT2D eigenvalue weighted by Crippen LogP contribution is 2.57. The summed E-state index contributed by atoms with van der Waals surface area (Å²) < 4.78 is 0. The maximum Gasteiger partial charge on any atom is 0.0320 e. The standard InChI is InChI=1S/C16H29N/c1-5-11-16(12-6-2)13(3)17(4)15-10-8-7-9-14(15)16/h14-15H,3,5-12H2,1-2,4H3. The van der Waals surface area contributed by atoms with Gasteiger partial charge in [0.05, 0.1) is 0 Å². The zero-order valence-corrected chi connectivity index (χ0v) is 12.0. The lowest BCUT2D eigenvalue weighted by Crippen LogP contribution is -2.35. The zero-order valence-electron chi connectivity index (χ0n) is 12.0. The Hall–Kier alpha value is -0.460. The molecule has 0 aromatic heterocycles. The molecule has 98 valence electrons. The van der Waals surface area contributed by atoms with Crippen LogP contribution >= 0.6 is 0 Å². The Kier molecular flexibility index (Phi) is 3.85. The fourth-order valence-corrected chi connectivity index (χ4v) is 4.66. The van der Waals surface area contributed by atoms with E-state index < -0.39 is 0 Å². The lowest BCUT2D eigenvalue weighted by atomic mass is 9.64. The molecular weight excluding hydrogens is 206 g/mol. The Labute approximate surface area is 107 Å². The zero-order chi connectivity index (χ0) is 12.5. The van der Waals surface area contributed by atoms with Crippen LogP contribution in [-0.4, -0.2) is 18.0 Å². The van der Waals surface area contributed by atoms with Gasteiger partial charge < -0.3 is 4.90 Å². The first kappa shape index (κ1) is 13.0. The van der Waals surface area contributed by atoms with Gasteiger partial charge in [-0.15, -0.1) is 0 Å². The number of nitrogens with zero attached hydrogens (tertiary/aromatic N) is 1. The molecule has 1 nitrogen and oxygen atoms in total. The first-order valence-electron chi connectivity index (χ1n) is 7.59. The molecule has 1 heterocycles. The van der Waals surface area contributed by atoms with Crippen molar-refractivity contribution in [2.24, 2.45) is 11.3 Å². The predicted molar refractivity (Wildman–Crippen MR) is 74.9 cm³/mol. The molecule has 0 radical (unpaired) electrons. The van der Waals surface area contributed by atoms with Crippen LogP contribution in [0, 0.1) is 11.3 Å². The smallest absolute Gasteiger partial charge is 0.0320 e. The van der Waals surface area contributed by atoms with E-state index in [9.17, 15) is 0 Å². The van der Waals surface area contributed by atoms with Crippen molar-refractivity contribution in [1.82, 2.24) is 4.90 Å². The van der Waals surface area contributed by atoms with Crippen LogP contribution in [0.5, 0.6) is 0 Å². The van der Waals surface area contributed by atoms with E-state index in [2.05, 4.69) is 32.4 Å². The van der Waals surface area contributed by atoms with Gasteiger partial charge in [-0.2, -0.15) is 0 Å². The summed E-state index contributed by atoms with van der Waals surface area (Å²) in [4.78, 5) is 2.54. The van der Waals surface area contributed by atoms with Crippen molar-refractivity contribution in [3.8, 4) is 0 Å². The number of likely N-dealkylation sites (tertiary alicyclic amines) is 1. The second-order valence-corrected chi connectivity index (χ2v) is 6.17. The SMILES string of the molecule is C=C1N(C)C2CCCCC2C1(CCC)CCC. The van der Waals surface area contributed by atoms with Gasteiger partial charge in [-0.3, -0.25) is 0 Å². The molecule has 2 unspecified atom stereocenters. The molecule has 1 saturated heterocycles. The van der Waals surface area contributed by atoms with Gasteiger partial charge in [0, 0.05) is 24.2 Å². The monoisotopic (exact) mass is 235 g/mol. The fourth-order valence-electron chi connectivity index (χ4n) is 4.66. The first-order valence-corrected chi connectivity index (χ1v) is 7.59. The average Bonchev–Trinajstić information content (AvgIpc) is 2.55. The van der Waals surface area contributed by atoms with E-state index in [0.29, 0.717) is 5.41 Å². The molecular formula is C16H29N. The van der Waals surface area contributed by atoms with Gasteiger partial charge in [-0.1, -0.05) is 46.1 Å². The minimum absolute atomic E-state index is 0.448. The molecule has 0 aromatic rings.